The van der Waals surface area contributed by atoms with Crippen molar-refractivity contribution in [3.05, 3.63) is 120 Å². The van der Waals surface area contributed by atoms with Crippen molar-refractivity contribution in [3.8, 4) is 22.3 Å². The molecule has 2 aromatic carbocycles. The topological polar surface area (TPSA) is 77.0 Å². The first kappa shape index (κ1) is 23.9. The maximum absolute atomic E-state index is 10.0. The van der Waals surface area contributed by atoms with Crippen LogP contribution in [0.1, 0.15) is 28.8 Å². The Labute approximate surface area is 221 Å². The smallest absolute Gasteiger partial charge is 0.320 e. The highest BCUT2D eigenvalue weighted by Gasteiger charge is 2.24. The van der Waals surface area contributed by atoms with E-state index < -0.39 is 6.92 Å². The van der Waals surface area contributed by atoms with E-state index in [0.29, 0.717) is 0 Å². The Hall–Kier alpha value is -4.49. The van der Waals surface area contributed by atoms with Gasteiger partial charge in [-0.15, -0.1) is 0 Å². The SMILES string of the molecule is CB(O)c1ccc(-c2cn([C@H](c3ccccc3)c3ccccn3)c3cc(-c4c(C)noc4C)cnc23)cc1. The van der Waals surface area contributed by atoms with Gasteiger partial charge in [0.05, 0.1) is 22.4 Å². The van der Waals surface area contributed by atoms with Crippen molar-refractivity contribution in [2.45, 2.75) is 26.7 Å². The molecule has 1 atom stereocenters. The van der Waals surface area contributed by atoms with Gasteiger partial charge in [0.15, 0.2) is 0 Å². The minimum atomic E-state index is -0.521. The third-order valence-electron chi connectivity index (χ3n) is 7.06. The van der Waals surface area contributed by atoms with Gasteiger partial charge in [0.1, 0.15) is 11.8 Å². The number of aryl methyl sites for hydroxylation is 2. The number of nitrogens with zero attached hydrogens (tertiary/aromatic N) is 4. The molecule has 0 saturated carbocycles. The van der Waals surface area contributed by atoms with Crippen LogP contribution in [-0.2, 0) is 0 Å². The zero-order valence-corrected chi connectivity index (χ0v) is 21.5. The summed E-state index contributed by atoms with van der Waals surface area (Å²) in [5, 5.41) is 14.2. The van der Waals surface area contributed by atoms with Crippen LogP contribution in [0.5, 0.6) is 0 Å². The van der Waals surface area contributed by atoms with E-state index in [4.69, 9.17) is 14.5 Å². The third-order valence-corrected chi connectivity index (χ3v) is 7.06. The van der Waals surface area contributed by atoms with Gasteiger partial charge in [0.2, 0.25) is 0 Å². The normalized spacial score (nSPS) is 12.1. The van der Waals surface area contributed by atoms with Crippen molar-refractivity contribution in [2.24, 2.45) is 0 Å². The van der Waals surface area contributed by atoms with Crippen LogP contribution in [0.25, 0.3) is 33.3 Å². The molecule has 0 fully saturated rings. The highest BCUT2D eigenvalue weighted by molar-refractivity contribution is 6.64. The van der Waals surface area contributed by atoms with E-state index in [0.717, 1.165) is 61.5 Å². The lowest BCUT2D eigenvalue weighted by Crippen LogP contribution is -2.25. The molecule has 186 valence electrons. The summed E-state index contributed by atoms with van der Waals surface area (Å²) in [6.45, 7) is 5.13. The van der Waals surface area contributed by atoms with Gasteiger partial charge in [0.25, 0.3) is 0 Å². The lowest BCUT2D eigenvalue weighted by atomic mass is 9.64. The van der Waals surface area contributed by atoms with Gasteiger partial charge in [-0.25, -0.2) is 0 Å². The summed E-state index contributed by atoms with van der Waals surface area (Å²) in [5.41, 5.74) is 9.61. The summed E-state index contributed by atoms with van der Waals surface area (Å²) in [5.74, 6) is 0.764. The summed E-state index contributed by atoms with van der Waals surface area (Å²) >= 11 is 0. The Morgan fingerprint density at radius 2 is 1.66 bits per heavy atom. The minimum Gasteiger partial charge on any atom is -0.447 e. The van der Waals surface area contributed by atoms with Crippen LogP contribution in [0.3, 0.4) is 0 Å². The number of fused-ring (bicyclic) bond motifs is 1. The van der Waals surface area contributed by atoms with Gasteiger partial charge in [0, 0.05) is 35.3 Å². The Kier molecular flexibility index (Phi) is 6.14. The lowest BCUT2D eigenvalue weighted by Gasteiger charge is -2.20. The van der Waals surface area contributed by atoms with Gasteiger partial charge < -0.3 is 14.1 Å². The van der Waals surface area contributed by atoms with Crippen LogP contribution in [0.15, 0.2) is 102 Å². The Morgan fingerprint density at radius 3 is 2.32 bits per heavy atom. The summed E-state index contributed by atoms with van der Waals surface area (Å²) in [4.78, 5) is 9.74. The fourth-order valence-electron chi connectivity index (χ4n) is 5.17. The monoisotopic (exact) mass is 498 g/mol. The largest absolute Gasteiger partial charge is 0.447 e. The maximum atomic E-state index is 10.0. The number of hydrogen-bond donors (Lipinski definition) is 1. The zero-order valence-electron chi connectivity index (χ0n) is 21.5. The summed E-state index contributed by atoms with van der Waals surface area (Å²) in [6, 6.07) is 26.5. The fraction of sp³-hybridized carbons (Fsp3) is 0.129. The molecule has 0 aliphatic rings. The first-order valence-electron chi connectivity index (χ1n) is 12.7. The fourth-order valence-corrected chi connectivity index (χ4v) is 5.17. The third kappa shape index (κ3) is 4.21. The minimum absolute atomic E-state index is 0.160. The number of hydrogen-bond acceptors (Lipinski definition) is 5. The van der Waals surface area contributed by atoms with E-state index in [-0.39, 0.29) is 6.04 Å². The van der Waals surface area contributed by atoms with Crippen LogP contribution in [0, 0.1) is 13.8 Å². The molecule has 6 aromatic rings. The Balaban J connectivity index is 1.63. The van der Waals surface area contributed by atoms with Crippen LogP contribution in [0.4, 0.5) is 0 Å². The van der Waals surface area contributed by atoms with Gasteiger partial charge in [-0.05, 0) is 48.6 Å². The Morgan fingerprint density at radius 1 is 0.895 bits per heavy atom. The molecule has 4 heterocycles. The molecular weight excluding hydrogens is 471 g/mol. The second-order valence-electron chi connectivity index (χ2n) is 9.61. The molecule has 6 rings (SSSR count). The molecule has 0 saturated heterocycles. The molecule has 0 radical (unpaired) electrons. The average molecular weight is 498 g/mol. The summed E-state index contributed by atoms with van der Waals surface area (Å²) < 4.78 is 7.73. The standard InChI is InChI=1S/C31H27BN4O2/c1-20-29(21(2)38-35-20)24-17-28-30(34-18-24)26(22-12-14-25(15-13-22)32(3)37)19-36(28)31(23-9-5-4-6-10-23)27-11-7-8-16-33-27/h4-19,31,37H,1-3H3/t31-/m1/s1. The van der Waals surface area contributed by atoms with Crippen molar-refractivity contribution in [1.82, 2.24) is 19.7 Å². The van der Waals surface area contributed by atoms with Crippen LogP contribution in [-0.4, -0.2) is 31.6 Å². The number of benzene rings is 2. The van der Waals surface area contributed by atoms with Crippen molar-refractivity contribution in [1.29, 1.82) is 0 Å². The predicted molar refractivity (Wildman–Crippen MR) is 152 cm³/mol. The first-order chi connectivity index (χ1) is 18.5. The number of aromatic nitrogens is 4. The van der Waals surface area contributed by atoms with E-state index in [2.05, 4.69) is 52.3 Å². The molecule has 0 aliphatic carbocycles. The molecule has 7 heteroatoms. The molecule has 0 aliphatic heterocycles. The molecule has 38 heavy (non-hydrogen) atoms. The van der Waals surface area contributed by atoms with Gasteiger partial charge >= 0.3 is 6.92 Å². The second-order valence-corrected chi connectivity index (χ2v) is 9.61. The highest BCUT2D eigenvalue weighted by atomic mass is 16.5. The van der Waals surface area contributed by atoms with E-state index in [9.17, 15) is 5.02 Å². The van der Waals surface area contributed by atoms with E-state index >= 15 is 0 Å². The molecular formula is C31H27BN4O2. The molecule has 0 bridgehead atoms. The molecule has 0 amide bonds. The molecule has 6 nitrogen and oxygen atoms in total. The van der Waals surface area contributed by atoms with E-state index in [1.165, 1.54) is 0 Å². The van der Waals surface area contributed by atoms with Gasteiger partial charge in [-0.1, -0.05) is 72.6 Å². The Bertz CT molecular complexity index is 1650. The first-order valence-corrected chi connectivity index (χ1v) is 12.7. The molecule has 0 unspecified atom stereocenters. The van der Waals surface area contributed by atoms with Gasteiger partial charge in [-0.3, -0.25) is 9.97 Å². The van der Waals surface area contributed by atoms with Crippen molar-refractivity contribution in [2.75, 3.05) is 0 Å². The van der Waals surface area contributed by atoms with Crippen molar-refractivity contribution >= 4 is 23.4 Å². The number of pyridine rings is 2. The molecule has 1 N–H and O–H groups in total. The van der Waals surface area contributed by atoms with E-state index in [1.807, 2.05) is 68.7 Å². The molecule has 0 spiro atoms. The zero-order chi connectivity index (χ0) is 26.2. The highest BCUT2D eigenvalue weighted by Crippen LogP contribution is 2.38. The lowest BCUT2D eigenvalue weighted by molar-refractivity contribution is 0.393. The summed E-state index contributed by atoms with van der Waals surface area (Å²) in [6.07, 6.45) is 5.89. The maximum Gasteiger partial charge on any atom is 0.320 e. The van der Waals surface area contributed by atoms with Crippen LogP contribution < -0.4 is 5.46 Å². The van der Waals surface area contributed by atoms with Crippen LogP contribution in [0.2, 0.25) is 6.82 Å². The quantitative estimate of drug-likeness (QED) is 0.293. The van der Waals surface area contributed by atoms with Crippen molar-refractivity contribution < 1.29 is 9.55 Å². The molecule has 4 aromatic heterocycles. The van der Waals surface area contributed by atoms with Crippen molar-refractivity contribution in [3.63, 3.8) is 0 Å². The number of rotatable bonds is 6. The van der Waals surface area contributed by atoms with E-state index in [1.54, 1.807) is 6.82 Å². The van der Waals surface area contributed by atoms with Crippen LogP contribution >= 0.6 is 0 Å². The summed E-state index contributed by atoms with van der Waals surface area (Å²) in [7, 11) is 0. The average Bonchev–Trinajstić information content (AvgIpc) is 3.49. The predicted octanol–water partition coefficient (Wildman–Crippen LogP) is 5.83. The second kappa shape index (κ2) is 9.76. The van der Waals surface area contributed by atoms with Gasteiger partial charge in [-0.2, -0.15) is 0 Å².